The van der Waals surface area contributed by atoms with Crippen LogP contribution >= 0.6 is 0 Å². The van der Waals surface area contributed by atoms with Gasteiger partial charge < -0.3 is 0 Å². The summed E-state index contributed by atoms with van der Waals surface area (Å²) in [7, 11) is 1.35. The molecule has 2 unspecified atom stereocenters. The van der Waals surface area contributed by atoms with Gasteiger partial charge >= 0.3 is 0 Å². The summed E-state index contributed by atoms with van der Waals surface area (Å²) in [6.45, 7) is 12.2. The average Bonchev–Trinajstić information content (AvgIpc) is 2.01. The summed E-state index contributed by atoms with van der Waals surface area (Å²) in [5.74, 6) is 1.97. The number of rotatable bonds is 1. The molecule has 0 nitrogen and oxygen atoms in total. The van der Waals surface area contributed by atoms with Gasteiger partial charge in [0.2, 0.25) is 0 Å². The molecule has 0 aromatic rings. The molecule has 0 aromatic heterocycles. The molecule has 0 spiro atoms. The molecule has 0 amide bonds. The highest BCUT2D eigenvalue weighted by Crippen LogP contribution is 2.47. The summed E-state index contributed by atoms with van der Waals surface area (Å²) in [6.07, 6.45) is 5.92. The maximum absolute atomic E-state index is 2.47. The van der Waals surface area contributed by atoms with Crippen LogP contribution in [0.5, 0.6) is 0 Å². The highest BCUT2D eigenvalue weighted by molar-refractivity contribution is 6.14. The first-order valence-corrected chi connectivity index (χ1v) is 7.21. The normalized spacial score (nSPS) is 30.6. The van der Waals surface area contributed by atoms with Crippen LogP contribution in [0.15, 0.2) is 0 Å². The molecule has 0 bridgehead atoms. The van der Waals surface area contributed by atoms with E-state index in [-0.39, 0.29) is 0 Å². The van der Waals surface area contributed by atoms with Gasteiger partial charge in [-0.1, -0.05) is 47.5 Å². The fourth-order valence-electron chi connectivity index (χ4n) is 2.76. The van der Waals surface area contributed by atoms with Gasteiger partial charge in [0.05, 0.1) is 0 Å². The molecule has 1 aliphatic carbocycles. The average molecular weight is 212 g/mol. The largest absolute Gasteiger partial charge is 0.0630 e. The SMILES string of the molecule is CC(C)(C)C1CCCC(C(C)(C)[SiH3])C1. The molecule has 2 atom stereocenters. The predicted molar refractivity (Wildman–Crippen MR) is 68.9 cm³/mol. The third-order valence-electron chi connectivity index (χ3n) is 4.12. The molecule has 0 saturated heterocycles. The van der Waals surface area contributed by atoms with E-state index in [0.717, 1.165) is 11.8 Å². The zero-order chi connectivity index (χ0) is 11.0. The van der Waals surface area contributed by atoms with Gasteiger partial charge in [-0.05, 0) is 35.1 Å². The highest BCUT2D eigenvalue weighted by Gasteiger charge is 2.35. The lowest BCUT2D eigenvalue weighted by Gasteiger charge is -2.42. The van der Waals surface area contributed by atoms with Crippen molar-refractivity contribution in [3.05, 3.63) is 0 Å². The van der Waals surface area contributed by atoms with Crippen molar-refractivity contribution in [2.45, 2.75) is 65.3 Å². The van der Waals surface area contributed by atoms with E-state index in [1.54, 1.807) is 0 Å². The van der Waals surface area contributed by atoms with E-state index in [0.29, 0.717) is 10.5 Å². The third-order valence-corrected chi connectivity index (χ3v) is 4.94. The predicted octanol–water partition coefficient (Wildman–Crippen LogP) is 3.40. The van der Waals surface area contributed by atoms with E-state index < -0.39 is 0 Å². The van der Waals surface area contributed by atoms with Crippen LogP contribution in [0.25, 0.3) is 0 Å². The van der Waals surface area contributed by atoms with E-state index in [1.807, 2.05) is 0 Å². The second kappa shape index (κ2) is 4.00. The minimum absolute atomic E-state index is 0.533. The molecule has 0 radical (unpaired) electrons. The highest BCUT2D eigenvalue weighted by atomic mass is 28.1. The first-order chi connectivity index (χ1) is 6.21. The van der Waals surface area contributed by atoms with Gasteiger partial charge in [-0.2, -0.15) is 0 Å². The molecule has 1 aliphatic rings. The van der Waals surface area contributed by atoms with Crippen molar-refractivity contribution < 1.29 is 0 Å². The second-order valence-electron chi connectivity index (χ2n) is 7.29. The second-order valence-corrected chi connectivity index (χ2v) is 9.87. The summed E-state index contributed by atoms with van der Waals surface area (Å²) in [4.78, 5) is 0. The molecular weight excluding hydrogens is 184 g/mol. The fourth-order valence-corrected chi connectivity index (χ4v) is 3.29. The van der Waals surface area contributed by atoms with Gasteiger partial charge in [-0.15, -0.1) is 0 Å². The van der Waals surface area contributed by atoms with Gasteiger partial charge in [-0.3, -0.25) is 0 Å². The Balaban J connectivity index is 2.61. The van der Waals surface area contributed by atoms with Gasteiger partial charge in [0.25, 0.3) is 0 Å². The van der Waals surface area contributed by atoms with Crippen LogP contribution < -0.4 is 0 Å². The summed E-state index contributed by atoms with van der Waals surface area (Å²) >= 11 is 0. The lowest BCUT2D eigenvalue weighted by Crippen LogP contribution is -2.31. The van der Waals surface area contributed by atoms with Crippen molar-refractivity contribution >= 4 is 10.2 Å². The van der Waals surface area contributed by atoms with Crippen molar-refractivity contribution in [1.29, 1.82) is 0 Å². The Hall–Kier alpha value is 0.217. The molecule has 1 rings (SSSR count). The first-order valence-electron chi connectivity index (χ1n) is 6.21. The van der Waals surface area contributed by atoms with Crippen LogP contribution in [0.1, 0.15) is 60.3 Å². The van der Waals surface area contributed by atoms with Crippen molar-refractivity contribution in [1.82, 2.24) is 0 Å². The maximum atomic E-state index is 2.47. The van der Waals surface area contributed by atoms with Crippen LogP contribution in [0.4, 0.5) is 0 Å². The Kier molecular flexibility index (Phi) is 3.51. The molecule has 1 saturated carbocycles. The van der Waals surface area contributed by atoms with E-state index in [4.69, 9.17) is 0 Å². The molecule has 0 heterocycles. The van der Waals surface area contributed by atoms with Crippen LogP contribution in [0, 0.1) is 17.3 Å². The fraction of sp³-hybridized carbons (Fsp3) is 1.00. The smallest absolute Gasteiger partial charge is 0.0103 e. The summed E-state index contributed by atoms with van der Waals surface area (Å²) in [6, 6.07) is 0. The van der Waals surface area contributed by atoms with E-state index in [9.17, 15) is 0 Å². The first kappa shape index (κ1) is 12.3. The van der Waals surface area contributed by atoms with E-state index >= 15 is 0 Å². The Morgan fingerprint density at radius 2 is 1.43 bits per heavy atom. The minimum atomic E-state index is 0.533. The van der Waals surface area contributed by atoms with Crippen molar-refractivity contribution in [2.75, 3.05) is 0 Å². The molecule has 1 fully saturated rings. The van der Waals surface area contributed by atoms with Crippen molar-refractivity contribution in [3.63, 3.8) is 0 Å². The van der Waals surface area contributed by atoms with Gasteiger partial charge in [-0.25, -0.2) is 0 Å². The molecule has 14 heavy (non-hydrogen) atoms. The molecular formula is C13H28Si. The molecule has 0 N–H and O–H groups in total. The lowest BCUT2D eigenvalue weighted by molar-refractivity contribution is 0.124. The summed E-state index contributed by atoms with van der Waals surface area (Å²) < 4.78 is 0. The van der Waals surface area contributed by atoms with Crippen molar-refractivity contribution in [2.24, 2.45) is 17.3 Å². The Morgan fingerprint density at radius 3 is 1.86 bits per heavy atom. The third kappa shape index (κ3) is 3.11. The zero-order valence-electron chi connectivity index (χ0n) is 11.0. The Bertz CT molecular complexity index is 162. The van der Waals surface area contributed by atoms with Gasteiger partial charge in [0.15, 0.2) is 0 Å². The molecule has 0 aliphatic heterocycles. The molecule has 0 aromatic carbocycles. The minimum Gasteiger partial charge on any atom is -0.0630 e. The maximum Gasteiger partial charge on any atom is 0.0103 e. The summed E-state index contributed by atoms with van der Waals surface area (Å²) in [5, 5.41) is 0.657. The van der Waals surface area contributed by atoms with Gasteiger partial charge in [0, 0.05) is 10.2 Å². The van der Waals surface area contributed by atoms with Crippen LogP contribution in [0.2, 0.25) is 5.04 Å². The van der Waals surface area contributed by atoms with Crippen LogP contribution in [-0.2, 0) is 0 Å². The summed E-state index contributed by atoms with van der Waals surface area (Å²) in [5.41, 5.74) is 0.533. The van der Waals surface area contributed by atoms with E-state index in [2.05, 4.69) is 34.6 Å². The standard InChI is InChI=1S/C13H28Si/c1-12(2,3)10-7-6-8-11(9-10)13(4,5)14/h10-11H,6-9H2,1-5,14H3. The number of hydrogen-bond donors (Lipinski definition) is 0. The number of hydrogen-bond acceptors (Lipinski definition) is 0. The van der Waals surface area contributed by atoms with Gasteiger partial charge in [0.1, 0.15) is 0 Å². The van der Waals surface area contributed by atoms with Crippen LogP contribution in [-0.4, -0.2) is 10.2 Å². The molecule has 84 valence electrons. The Morgan fingerprint density at radius 1 is 0.929 bits per heavy atom. The Labute approximate surface area is 93.3 Å². The lowest BCUT2D eigenvalue weighted by atomic mass is 9.66. The quantitative estimate of drug-likeness (QED) is 0.584. The zero-order valence-corrected chi connectivity index (χ0v) is 13.0. The van der Waals surface area contributed by atoms with Crippen LogP contribution in [0.3, 0.4) is 0 Å². The van der Waals surface area contributed by atoms with Crippen molar-refractivity contribution in [3.8, 4) is 0 Å². The topological polar surface area (TPSA) is 0 Å². The molecule has 1 heteroatoms. The van der Waals surface area contributed by atoms with E-state index in [1.165, 1.54) is 35.9 Å². The monoisotopic (exact) mass is 212 g/mol.